The van der Waals surface area contributed by atoms with Crippen molar-refractivity contribution in [2.75, 3.05) is 18.0 Å². The first-order valence-electron chi connectivity index (χ1n) is 6.93. The number of hydrogen-bond acceptors (Lipinski definition) is 2. The molecule has 1 heterocycles. The third kappa shape index (κ3) is 2.15. The van der Waals surface area contributed by atoms with Crippen LogP contribution in [0.1, 0.15) is 30.4 Å². The average Bonchev–Trinajstić information content (AvgIpc) is 3.21. The topological polar surface area (TPSA) is 46.3 Å². The molecule has 1 aromatic rings. The van der Waals surface area contributed by atoms with Gasteiger partial charge >= 0.3 is 0 Å². The van der Waals surface area contributed by atoms with Crippen molar-refractivity contribution >= 4 is 11.6 Å². The lowest BCUT2D eigenvalue weighted by atomic mass is 9.97. The Hall–Kier alpha value is -1.35. The molecule has 1 amide bonds. The molecule has 0 radical (unpaired) electrons. The number of aryl methyl sites for hydroxylation is 1. The van der Waals surface area contributed by atoms with E-state index in [2.05, 4.69) is 18.2 Å². The van der Waals surface area contributed by atoms with Crippen LogP contribution >= 0.6 is 0 Å². The summed E-state index contributed by atoms with van der Waals surface area (Å²) in [5, 5.41) is 0. The smallest absolute Gasteiger partial charge is 0.230 e. The van der Waals surface area contributed by atoms with Gasteiger partial charge in [0, 0.05) is 18.2 Å². The Morgan fingerprint density at radius 2 is 2.22 bits per heavy atom. The molecule has 3 nitrogen and oxygen atoms in total. The molecule has 96 valence electrons. The summed E-state index contributed by atoms with van der Waals surface area (Å²) < 4.78 is 0. The van der Waals surface area contributed by atoms with E-state index in [9.17, 15) is 4.79 Å². The third-order valence-electron chi connectivity index (χ3n) is 3.89. The van der Waals surface area contributed by atoms with E-state index in [1.54, 1.807) is 0 Å². The molecule has 0 bridgehead atoms. The second-order valence-electron chi connectivity index (χ2n) is 5.37. The van der Waals surface area contributed by atoms with Gasteiger partial charge in [-0.3, -0.25) is 4.79 Å². The molecule has 0 saturated heterocycles. The molecule has 2 N–H and O–H groups in total. The Labute approximate surface area is 108 Å². The molecule has 1 aliphatic carbocycles. The Bertz CT molecular complexity index is 466. The van der Waals surface area contributed by atoms with Crippen molar-refractivity contribution in [3.8, 4) is 0 Å². The fourth-order valence-electron chi connectivity index (χ4n) is 2.75. The molecule has 18 heavy (non-hydrogen) atoms. The normalized spacial score (nSPS) is 18.6. The first-order chi connectivity index (χ1) is 8.79. The number of fused-ring (bicyclic) bond motifs is 1. The van der Waals surface area contributed by atoms with Gasteiger partial charge in [0.15, 0.2) is 0 Å². The number of carbonyl (C=O) groups excluding carboxylic acids is 1. The highest BCUT2D eigenvalue weighted by Gasteiger charge is 2.35. The molecular formula is C15H20N2O. The highest BCUT2D eigenvalue weighted by atomic mass is 16.2. The monoisotopic (exact) mass is 244 g/mol. The molecule has 1 aliphatic heterocycles. The SMILES string of the molecule is NCCc1ccc2c(c1)CCCN2C(=O)C1CC1. The van der Waals surface area contributed by atoms with Gasteiger partial charge in [-0.05, 0) is 55.8 Å². The van der Waals surface area contributed by atoms with Crippen LogP contribution in [0.15, 0.2) is 18.2 Å². The molecule has 0 spiro atoms. The van der Waals surface area contributed by atoms with Gasteiger partial charge in [0.1, 0.15) is 0 Å². The van der Waals surface area contributed by atoms with Crippen LogP contribution in [0.5, 0.6) is 0 Å². The van der Waals surface area contributed by atoms with Crippen LogP contribution in [0.25, 0.3) is 0 Å². The minimum absolute atomic E-state index is 0.305. The number of benzene rings is 1. The van der Waals surface area contributed by atoms with E-state index < -0.39 is 0 Å². The molecule has 0 aromatic heterocycles. The van der Waals surface area contributed by atoms with Crippen LogP contribution in [-0.2, 0) is 17.6 Å². The lowest BCUT2D eigenvalue weighted by molar-refractivity contribution is -0.119. The lowest BCUT2D eigenvalue weighted by Gasteiger charge is -2.30. The molecule has 1 saturated carbocycles. The molecule has 1 aromatic carbocycles. The number of hydrogen-bond donors (Lipinski definition) is 1. The van der Waals surface area contributed by atoms with E-state index in [4.69, 9.17) is 5.73 Å². The first-order valence-corrected chi connectivity index (χ1v) is 6.93. The highest BCUT2D eigenvalue weighted by molar-refractivity contribution is 5.97. The van der Waals surface area contributed by atoms with Crippen molar-refractivity contribution in [3.05, 3.63) is 29.3 Å². The second-order valence-corrected chi connectivity index (χ2v) is 5.37. The summed E-state index contributed by atoms with van der Waals surface area (Å²) >= 11 is 0. The standard InChI is InChI=1S/C15H20N2O/c16-8-7-11-3-6-14-13(10-11)2-1-9-17(14)15(18)12-4-5-12/h3,6,10,12H,1-2,4-5,7-9,16H2. The summed E-state index contributed by atoms with van der Waals surface area (Å²) in [7, 11) is 0. The van der Waals surface area contributed by atoms with Crippen LogP contribution < -0.4 is 10.6 Å². The zero-order chi connectivity index (χ0) is 12.5. The summed E-state index contributed by atoms with van der Waals surface area (Å²) in [4.78, 5) is 14.2. The summed E-state index contributed by atoms with van der Waals surface area (Å²) in [5.41, 5.74) is 9.34. The lowest BCUT2D eigenvalue weighted by Crippen LogP contribution is -2.36. The Balaban J connectivity index is 1.88. The number of carbonyl (C=O) groups is 1. The summed E-state index contributed by atoms with van der Waals surface area (Å²) in [6, 6.07) is 6.46. The third-order valence-corrected chi connectivity index (χ3v) is 3.89. The van der Waals surface area contributed by atoms with E-state index in [-0.39, 0.29) is 0 Å². The Kier molecular flexibility index (Phi) is 3.08. The van der Waals surface area contributed by atoms with Crippen LogP contribution in [0, 0.1) is 5.92 Å². The second kappa shape index (κ2) is 4.73. The minimum Gasteiger partial charge on any atom is -0.330 e. The van der Waals surface area contributed by atoms with Crippen molar-refractivity contribution < 1.29 is 4.79 Å². The fraction of sp³-hybridized carbons (Fsp3) is 0.533. The van der Waals surface area contributed by atoms with Crippen LogP contribution in [0.3, 0.4) is 0 Å². The number of nitrogens with two attached hydrogens (primary N) is 1. The molecule has 3 heteroatoms. The maximum atomic E-state index is 12.2. The minimum atomic E-state index is 0.305. The zero-order valence-electron chi connectivity index (χ0n) is 10.7. The van der Waals surface area contributed by atoms with Crippen molar-refractivity contribution in [2.24, 2.45) is 11.7 Å². The number of nitrogens with zero attached hydrogens (tertiary/aromatic N) is 1. The molecule has 3 rings (SSSR count). The molecular weight excluding hydrogens is 224 g/mol. The number of anilines is 1. The van der Waals surface area contributed by atoms with Crippen LogP contribution in [-0.4, -0.2) is 19.0 Å². The largest absolute Gasteiger partial charge is 0.330 e. The van der Waals surface area contributed by atoms with Crippen molar-refractivity contribution in [3.63, 3.8) is 0 Å². The predicted octanol–water partition coefficient (Wildman–Crippen LogP) is 1.88. The summed E-state index contributed by atoms with van der Waals surface area (Å²) in [6.07, 6.45) is 5.25. The van der Waals surface area contributed by atoms with E-state index in [1.807, 2.05) is 4.90 Å². The molecule has 1 fully saturated rings. The Morgan fingerprint density at radius 1 is 1.39 bits per heavy atom. The quantitative estimate of drug-likeness (QED) is 0.882. The Morgan fingerprint density at radius 3 is 2.94 bits per heavy atom. The van der Waals surface area contributed by atoms with Gasteiger partial charge in [-0.25, -0.2) is 0 Å². The van der Waals surface area contributed by atoms with E-state index in [0.717, 1.165) is 44.3 Å². The van der Waals surface area contributed by atoms with Crippen molar-refractivity contribution in [1.29, 1.82) is 0 Å². The van der Waals surface area contributed by atoms with Gasteiger partial charge in [-0.2, -0.15) is 0 Å². The summed E-state index contributed by atoms with van der Waals surface area (Å²) in [6.45, 7) is 1.57. The zero-order valence-corrected chi connectivity index (χ0v) is 10.7. The van der Waals surface area contributed by atoms with E-state index in [0.29, 0.717) is 18.4 Å². The van der Waals surface area contributed by atoms with Gasteiger partial charge in [-0.15, -0.1) is 0 Å². The first kappa shape index (κ1) is 11.7. The van der Waals surface area contributed by atoms with Crippen LogP contribution in [0.2, 0.25) is 0 Å². The molecule has 0 atom stereocenters. The maximum Gasteiger partial charge on any atom is 0.230 e. The summed E-state index contributed by atoms with van der Waals surface area (Å²) in [5.74, 6) is 0.641. The average molecular weight is 244 g/mol. The van der Waals surface area contributed by atoms with Gasteiger partial charge < -0.3 is 10.6 Å². The van der Waals surface area contributed by atoms with Gasteiger partial charge in [0.05, 0.1) is 0 Å². The van der Waals surface area contributed by atoms with Gasteiger partial charge in [0.25, 0.3) is 0 Å². The number of amides is 1. The predicted molar refractivity (Wildman–Crippen MR) is 72.6 cm³/mol. The number of rotatable bonds is 3. The fourth-order valence-corrected chi connectivity index (χ4v) is 2.75. The van der Waals surface area contributed by atoms with Crippen molar-refractivity contribution in [1.82, 2.24) is 0 Å². The highest BCUT2D eigenvalue weighted by Crippen LogP contribution is 2.36. The maximum absolute atomic E-state index is 12.2. The van der Waals surface area contributed by atoms with Gasteiger partial charge in [-0.1, -0.05) is 12.1 Å². The van der Waals surface area contributed by atoms with E-state index >= 15 is 0 Å². The molecule has 0 unspecified atom stereocenters. The van der Waals surface area contributed by atoms with E-state index in [1.165, 1.54) is 11.1 Å². The molecule has 2 aliphatic rings. The van der Waals surface area contributed by atoms with Crippen molar-refractivity contribution in [2.45, 2.75) is 32.1 Å². The van der Waals surface area contributed by atoms with Crippen LogP contribution in [0.4, 0.5) is 5.69 Å². The van der Waals surface area contributed by atoms with Gasteiger partial charge in [0.2, 0.25) is 5.91 Å².